The van der Waals surface area contributed by atoms with Gasteiger partial charge in [0.2, 0.25) is 5.91 Å². The number of piperidine rings is 1. The molecule has 1 aliphatic rings. The summed E-state index contributed by atoms with van der Waals surface area (Å²) in [6.45, 7) is 3.74. The van der Waals surface area contributed by atoms with Crippen LogP contribution in [0.3, 0.4) is 0 Å². The van der Waals surface area contributed by atoms with Crippen LogP contribution in [0.5, 0.6) is 5.75 Å². The van der Waals surface area contributed by atoms with Crippen molar-refractivity contribution in [3.63, 3.8) is 0 Å². The van der Waals surface area contributed by atoms with E-state index in [9.17, 15) is 14.3 Å². The van der Waals surface area contributed by atoms with Crippen LogP contribution >= 0.6 is 0 Å². The van der Waals surface area contributed by atoms with Crippen LogP contribution in [-0.2, 0) is 4.79 Å². The average Bonchev–Trinajstić information content (AvgIpc) is 2.45. The van der Waals surface area contributed by atoms with Gasteiger partial charge in [0.1, 0.15) is 11.6 Å². The molecule has 0 aliphatic carbocycles. The summed E-state index contributed by atoms with van der Waals surface area (Å²) in [4.78, 5) is 13.9. The Morgan fingerprint density at radius 2 is 2.10 bits per heavy atom. The number of nitrogens with one attached hydrogen (secondary N) is 1. The number of hydrogen-bond donors (Lipinski definition) is 2. The summed E-state index contributed by atoms with van der Waals surface area (Å²) in [5.74, 6) is -0.476. The molecule has 1 heterocycles. The fourth-order valence-corrected chi connectivity index (χ4v) is 2.49. The third-order valence-corrected chi connectivity index (χ3v) is 3.73. The largest absolute Gasteiger partial charge is 0.508 e. The Labute approximate surface area is 118 Å². The fourth-order valence-electron chi connectivity index (χ4n) is 2.49. The molecule has 0 aromatic heterocycles. The Bertz CT molecular complexity index is 473. The van der Waals surface area contributed by atoms with Gasteiger partial charge in [-0.3, -0.25) is 4.79 Å². The average molecular weight is 280 g/mol. The van der Waals surface area contributed by atoms with Crippen LogP contribution in [0.25, 0.3) is 0 Å². The number of aromatic hydroxyl groups is 1. The highest BCUT2D eigenvalue weighted by Gasteiger charge is 2.18. The summed E-state index contributed by atoms with van der Waals surface area (Å²) in [5, 5.41) is 12.8. The van der Waals surface area contributed by atoms with E-state index in [1.54, 1.807) is 0 Å². The molecule has 4 nitrogen and oxygen atoms in total. The first-order chi connectivity index (χ1) is 9.58. The number of phenols is 1. The minimum Gasteiger partial charge on any atom is -0.508 e. The van der Waals surface area contributed by atoms with E-state index in [1.807, 2.05) is 11.8 Å². The van der Waals surface area contributed by atoms with Crippen molar-refractivity contribution in [3.8, 4) is 5.75 Å². The smallest absolute Gasteiger partial charge is 0.236 e. The number of phenolic OH excluding ortho intramolecular Hbond substituents is 1. The van der Waals surface area contributed by atoms with Gasteiger partial charge in [-0.15, -0.1) is 0 Å². The van der Waals surface area contributed by atoms with Crippen LogP contribution in [0.2, 0.25) is 0 Å². The summed E-state index contributed by atoms with van der Waals surface area (Å²) in [5.41, 5.74) is 0.595. The van der Waals surface area contributed by atoms with Gasteiger partial charge in [0, 0.05) is 30.8 Å². The van der Waals surface area contributed by atoms with Gasteiger partial charge in [0.25, 0.3) is 0 Å². The molecular weight excluding hydrogens is 259 g/mol. The van der Waals surface area contributed by atoms with Crippen LogP contribution in [0.1, 0.15) is 37.8 Å². The fraction of sp³-hybridized carbons (Fsp3) is 0.533. The lowest BCUT2D eigenvalue weighted by atomic mass is 10.1. The number of benzene rings is 1. The summed E-state index contributed by atoms with van der Waals surface area (Å²) >= 11 is 0. The van der Waals surface area contributed by atoms with E-state index in [0.717, 1.165) is 32.0 Å². The van der Waals surface area contributed by atoms with Gasteiger partial charge in [-0.2, -0.15) is 0 Å². The molecular formula is C15H21FN2O2. The lowest BCUT2D eigenvalue weighted by Gasteiger charge is -2.27. The lowest BCUT2D eigenvalue weighted by Crippen LogP contribution is -2.41. The number of likely N-dealkylation sites (tertiary alicyclic amines) is 1. The quantitative estimate of drug-likeness (QED) is 0.889. The Morgan fingerprint density at radius 3 is 2.75 bits per heavy atom. The molecule has 0 spiro atoms. The van der Waals surface area contributed by atoms with Crippen LogP contribution in [0.15, 0.2) is 18.2 Å². The third-order valence-electron chi connectivity index (χ3n) is 3.73. The molecule has 1 aromatic carbocycles. The van der Waals surface area contributed by atoms with Crippen molar-refractivity contribution >= 4 is 5.91 Å². The number of amides is 1. The van der Waals surface area contributed by atoms with E-state index in [2.05, 4.69) is 5.32 Å². The van der Waals surface area contributed by atoms with Crippen molar-refractivity contribution in [2.24, 2.45) is 0 Å². The van der Waals surface area contributed by atoms with Gasteiger partial charge in [0.15, 0.2) is 0 Å². The van der Waals surface area contributed by atoms with E-state index in [1.165, 1.54) is 18.6 Å². The highest BCUT2D eigenvalue weighted by Crippen LogP contribution is 2.24. The summed E-state index contributed by atoms with van der Waals surface area (Å²) in [6, 6.07) is 3.72. The predicted octanol–water partition coefficient (Wildman–Crippen LogP) is 2.19. The van der Waals surface area contributed by atoms with Gasteiger partial charge < -0.3 is 15.3 Å². The zero-order valence-electron chi connectivity index (χ0n) is 11.7. The van der Waals surface area contributed by atoms with Crippen LogP contribution in [0, 0.1) is 5.82 Å². The third kappa shape index (κ3) is 3.70. The minimum absolute atomic E-state index is 0.0816. The molecule has 2 rings (SSSR count). The van der Waals surface area contributed by atoms with Gasteiger partial charge in [-0.25, -0.2) is 4.39 Å². The maximum Gasteiger partial charge on any atom is 0.236 e. The molecule has 2 N–H and O–H groups in total. The Hall–Kier alpha value is -1.62. The number of carbonyl (C=O) groups is 1. The van der Waals surface area contributed by atoms with Gasteiger partial charge in [-0.1, -0.05) is 6.07 Å². The molecule has 1 unspecified atom stereocenters. The van der Waals surface area contributed by atoms with Crippen LogP contribution < -0.4 is 5.32 Å². The summed E-state index contributed by atoms with van der Waals surface area (Å²) in [6.07, 6.45) is 3.33. The number of carbonyl (C=O) groups excluding carboxylic acids is 1. The number of hydrogen-bond acceptors (Lipinski definition) is 3. The van der Waals surface area contributed by atoms with E-state index in [4.69, 9.17) is 0 Å². The molecule has 1 aromatic rings. The number of halogens is 1. The highest BCUT2D eigenvalue weighted by atomic mass is 19.1. The SMILES string of the molecule is CC(NCC(=O)N1CCCCC1)c1ccc(F)cc1O. The Balaban J connectivity index is 1.87. The number of nitrogens with zero attached hydrogens (tertiary/aromatic N) is 1. The maximum atomic E-state index is 12.9. The minimum atomic E-state index is -0.470. The second-order valence-corrected chi connectivity index (χ2v) is 5.25. The topological polar surface area (TPSA) is 52.6 Å². The Morgan fingerprint density at radius 1 is 1.40 bits per heavy atom. The normalized spacial score (nSPS) is 17.0. The van der Waals surface area contributed by atoms with Crippen molar-refractivity contribution in [2.75, 3.05) is 19.6 Å². The first kappa shape index (κ1) is 14.8. The van der Waals surface area contributed by atoms with Crippen LogP contribution in [0.4, 0.5) is 4.39 Å². The first-order valence-electron chi connectivity index (χ1n) is 7.07. The Kier molecular flexibility index (Phi) is 4.95. The lowest BCUT2D eigenvalue weighted by molar-refractivity contribution is -0.131. The van der Waals surface area contributed by atoms with Crippen molar-refractivity contribution in [1.82, 2.24) is 10.2 Å². The molecule has 1 aliphatic heterocycles. The van der Waals surface area contributed by atoms with Gasteiger partial charge in [-0.05, 0) is 32.3 Å². The molecule has 20 heavy (non-hydrogen) atoms. The summed E-state index contributed by atoms with van der Waals surface area (Å²) < 4.78 is 12.9. The van der Waals surface area contributed by atoms with Crippen molar-refractivity contribution in [2.45, 2.75) is 32.2 Å². The molecule has 0 radical (unpaired) electrons. The maximum absolute atomic E-state index is 12.9. The van der Waals surface area contributed by atoms with Crippen molar-refractivity contribution < 1.29 is 14.3 Å². The zero-order chi connectivity index (χ0) is 14.5. The predicted molar refractivity (Wildman–Crippen MR) is 74.9 cm³/mol. The van der Waals surface area contributed by atoms with Crippen molar-refractivity contribution in [3.05, 3.63) is 29.6 Å². The molecule has 1 atom stereocenters. The molecule has 1 fully saturated rings. The molecule has 1 saturated heterocycles. The number of rotatable bonds is 4. The van der Waals surface area contributed by atoms with E-state index in [-0.39, 0.29) is 24.2 Å². The molecule has 0 saturated carbocycles. The molecule has 5 heteroatoms. The van der Waals surface area contributed by atoms with Crippen LogP contribution in [-0.4, -0.2) is 35.5 Å². The van der Waals surface area contributed by atoms with Gasteiger partial charge >= 0.3 is 0 Å². The second kappa shape index (κ2) is 6.70. The van der Waals surface area contributed by atoms with Crippen molar-refractivity contribution in [1.29, 1.82) is 0 Å². The monoisotopic (exact) mass is 280 g/mol. The standard InChI is InChI=1S/C15H21FN2O2/c1-11(13-6-5-12(16)9-14(13)19)17-10-15(20)18-7-3-2-4-8-18/h5-6,9,11,17,19H,2-4,7-8,10H2,1H3. The first-order valence-corrected chi connectivity index (χ1v) is 7.07. The summed E-state index contributed by atoms with van der Waals surface area (Å²) in [7, 11) is 0. The zero-order valence-corrected chi connectivity index (χ0v) is 11.7. The second-order valence-electron chi connectivity index (χ2n) is 5.25. The molecule has 0 bridgehead atoms. The molecule has 1 amide bonds. The highest BCUT2D eigenvalue weighted by molar-refractivity contribution is 5.78. The molecule has 110 valence electrons. The van der Waals surface area contributed by atoms with E-state index >= 15 is 0 Å². The van der Waals surface area contributed by atoms with Gasteiger partial charge in [0.05, 0.1) is 6.54 Å². The van der Waals surface area contributed by atoms with E-state index < -0.39 is 5.82 Å². The van der Waals surface area contributed by atoms with E-state index in [0.29, 0.717) is 5.56 Å².